The van der Waals surface area contributed by atoms with Crippen molar-refractivity contribution in [2.24, 2.45) is 0 Å². The molecule has 6 heteroatoms. The molecule has 1 N–H and O–H groups in total. The number of nitrogens with zero attached hydrogens (tertiary/aromatic N) is 1. The Morgan fingerprint density at radius 1 is 1.41 bits per heavy atom. The van der Waals surface area contributed by atoms with Gasteiger partial charge in [0.05, 0.1) is 6.61 Å². The number of anilines is 1. The molecule has 0 bridgehead atoms. The molecule has 0 spiro atoms. The van der Waals surface area contributed by atoms with E-state index in [2.05, 4.69) is 15.0 Å². The zero-order valence-electron chi connectivity index (χ0n) is 9.55. The minimum absolute atomic E-state index is 0.0978. The van der Waals surface area contributed by atoms with Crippen LogP contribution in [0.15, 0.2) is 18.3 Å². The molecule has 0 aliphatic carbocycles. The number of hydrogen-bond acceptors (Lipinski definition) is 3. The van der Waals surface area contributed by atoms with E-state index in [1.807, 2.05) is 6.92 Å². The van der Waals surface area contributed by atoms with Crippen LogP contribution in [-0.2, 0) is 11.3 Å². The van der Waals surface area contributed by atoms with Gasteiger partial charge in [-0.3, -0.25) is 0 Å². The zero-order chi connectivity index (χ0) is 12.7. The number of halogens is 3. The van der Waals surface area contributed by atoms with E-state index in [-0.39, 0.29) is 6.61 Å². The summed E-state index contributed by atoms with van der Waals surface area (Å²) in [5.74, 6) is 0.580. The van der Waals surface area contributed by atoms with Gasteiger partial charge in [0.15, 0.2) is 0 Å². The Morgan fingerprint density at radius 3 is 2.82 bits per heavy atom. The van der Waals surface area contributed by atoms with E-state index in [0.29, 0.717) is 11.4 Å². The third-order valence-corrected chi connectivity index (χ3v) is 1.96. The van der Waals surface area contributed by atoms with Crippen LogP contribution in [0.25, 0.3) is 0 Å². The Labute approximate surface area is 98.0 Å². The van der Waals surface area contributed by atoms with Gasteiger partial charge in [0.2, 0.25) is 0 Å². The molecule has 17 heavy (non-hydrogen) atoms. The lowest BCUT2D eigenvalue weighted by molar-refractivity contribution is -0.176. The second-order valence-electron chi connectivity index (χ2n) is 3.55. The van der Waals surface area contributed by atoms with Gasteiger partial charge in [-0.05, 0) is 12.5 Å². The molecular formula is C11H15F3N2O. The van der Waals surface area contributed by atoms with Gasteiger partial charge in [0, 0.05) is 18.3 Å². The summed E-state index contributed by atoms with van der Waals surface area (Å²) in [6.07, 6.45) is -1.79. The van der Waals surface area contributed by atoms with E-state index in [9.17, 15) is 13.2 Å². The number of pyridine rings is 1. The van der Waals surface area contributed by atoms with Crippen molar-refractivity contribution in [2.75, 3.05) is 18.5 Å². The Balaban J connectivity index is 2.51. The highest BCUT2D eigenvalue weighted by Gasteiger charge is 2.27. The number of aromatic nitrogens is 1. The first-order valence-electron chi connectivity index (χ1n) is 5.35. The second-order valence-corrected chi connectivity index (χ2v) is 3.55. The van der Waals surface area contributed by atoms with Crippen LogP contribution in [-0.4, -0.2) is 24.3 Å². The van der Waals surface area contributed by atoms with Crippen molar-refractivity contribution in [3.8, 4) is 0 Å². The zero-order valence-corrected chi connectivity index (χ0v) is 9.55. The molecule has 0 unspecified atom stereocenters. The van der Waals surface area contributed by atoms with Gasteiger partial charge in [-0.1, -0.05) is 13.0 Å². The van der Waals surface area contributed by atoms with Crippen molar-refractivity contribution in [3.63, 3.8) is 0 Å². The molecule has 1 aromatic rings. The summed E-state index contributed by atoms with van der Waals surface area (Å²) in [6.45, 7) is 1.38. The quantitative estimate of drug-likeness (QED) is 0.840. The molecule has 0 aliphatic heterocycles. The van der Waals surface area contributed by atoms with Gasteiger partial charge in [-0.2, -0.15) is 13.2 Å². The summed E-state index contributed by atoms with van der Waals surface area (Å²) < 4.78 is 40.3. The standard InChI is InChI=1S/C11H15F3N2O/c1-2-5-15-10-9(4-3-6-16-10)7-17-8-11(12,13)14/h3-4,6H,2,5,7-8H2,1H3,(H,15,16). The van der Waals surface area contributed by atoms with Crippen LogP contribution in [0.1, 0.15) is 18.9 Å². The number of ether oxygens (including phenoxy) is 1. The van der Waals surface area contributed by atoms with E-state index in [4.69, 9.17) is 0 Å². The van der Waals surface area contributed by atoms with E-state index in [1.165, 1.54) is 0 Å². The van der Waals surface area contributed by atoms with Crippen molar-refractivity contribution in [2.45, 2.75) is 26.1 Å². The highest BCUT2D eigenvalue weighted by molar-refractivity contribution is 5.43. The highest BCUT2D eigenvalue weighted by atomic mass is 19.4. The van der Waals surface area contributed by atoms with Crippen LogP contribution >= 0.6 is 0 Å². The van der Waals surface area contributed by atoms with Gasteiger partial charge in [-0.15, -0.1) is 0 Å². The predicted octanol–water partition coefficient (Wildman–Crippen LogP) is 2.98. The van der Waals surface area contributed by atoms with Crippen molar-refractivity contribution < 1.29 is 17.9 Å². The van der Waals surface area contributed by atoms with Crippen molar-refractivity contribution in [1.29, 1.82) is 0 Å². The summed E-state index contributed by atoms with van der Waals surface area (Å²) in [4.78, 5) is 4.06. The SMILES string of the molecule is CCCNc1ncccc1COCC(F)(F)F. The second kappa shape index (κ2) is 6.44. The molecule has 0 atom stereocenters. The summed E-state index contributed by atoms with van der Waals surface area (Å²) in [7, 11) is 0. The third-order valence-electron chi connectivity index (χ3n) is 1.96. The average Bonchev–Trinajstić information content (AvgIpc) is 2.26. The fourth-order valence-corrected chi connectivity index (χ4v) is 1.23. The van der Waals surface area contributed by atoms with Gasteiger partial charge in [0.1, 0.15) is 12.4 Å². The molecule has 0 saturated carbocycles. The number of hydrogen-bond donors (Lipinski definition) is 1. The van der Waals surface area contributed by atoms with Crippen LogP contribution in [0.4, 0.5) is 19.0 Å². The molecule has 1 aromatic heterocycles. The third kappa shape index (κ3) is 5.53. The minimum atomic E-state index is -4.29. The van der Waals surface area contributed by atoms with Crippen LogP contribution in [0.5, 0.6) is 0 Å². The van der Waals surface area contributed by atoms with Crippen LogP contribution in [0, 0.1) is 0 Å². The maximum absolute atomic E-state index is 11.9. The Hall–Kier alpha value is -1.30. The molecular weight excluding hydrogens is 233 g/mol. The topological polar surface area (TPSA) is 34.2 Å². The molecule has 1 rings (SSSR count). The number of alkyl halides is 3. The first kappa shape index (κ1) is 13.8. The first-order chi connectivity index (χ1) is 8.03. The monoisotopic (exact) mass is 248 g/mol. The van der Waals surface area contributed by atoms with Crippen molar-refractivity contribution >= 4 is 5.82 Å². The van der Waals surface area contributed by atoms with Crippen LogP contribution < -0.4 is 5.32 Å². The van der Waals surface area contributed by atoms with E-state index < -0.39 is 12.8 Å². The molecule has 0 aliphatic rings. The van der Waals surface area contributed by atoms with E-state index in [0.717, 1.165) is 13.0 Å². The predicted molar refractivity (Wildman–Crippen MR) is 58.7 cm³/mol. The Kier molecular flexibility index (Phi) is 5.21. The van der Waals surface area contributed by atoms with E-state index in [1.54, 1.807) is 18.3 Å². The molecule has 0 radical (unpaired) electrons. The van der Waals surface area contributed by atoms with E-state index >= 15 is 0 Å². The number of rotatable bonds is 6. The van der Waals surface area contributed by atoms with Crippen molar-refractivity contribution in [1.82, 2.24) is 4.98 Å². The molecule has 0 amide bonds. The molecule has 3 nitrogen and oxygen atoms in total. The van der Waals surface area contributed by atoms with Crippen LogP contribution in [0.3, 0.4) is 0 Å². The normalized spacial score (nSPS) is 11.5. The van der Waals surface area contributed by atoms with Gasteiger partial charge in [0.25, 0.3) is 0 Å². The lowest BCUT2D eigenvalue weighted by Gasteiger charge is -2.11. The molecule has 0 fully saturated rings. The molecule has 96 valence electrons. The summed E-state index contributed by atoms with van der Waals surface area (Å²) in [5, 5.41) is 3.04. The van der Waals surface area contributed by atoms with Gasteiger partial charge < -0.3 is 10.1 Å². The summed E-state index contributed by atoms with van der Waals surface area (Å²) in [6, 6.07) is 3.37. The first-order valence-corrected chi connectivity index (χ1v) is 5.35. The molecule has 0 saturated heterocycles. The van der Waals surface area contributed by atoms with Crippen LogP contribution in [0.2, 0.25) is 0 Å². The summed E-state index contributed by atoms with van der Waals surface area (Å²) >= 11 is 0. The fraction of sp³-hybridized carbons (Fsp3) is 0.545. The van der Waals surface area contributed by atoms with Gasteiger partial charge >= 0.3 is 6.18 Å². The minimum Gasteiger partial charge on any atom is -0.370 e. The highest BCUT2D eigenvalue weighted by Crippen LogP contribution is 2.17. The fourth-order valence-electron chi connectivity index (χ4n) is 1.23. The van der Waals surface area contributed by atoms with Gasteiger partial charge in [-0.25, -0.2) is 4.98 Å². The Bertz CT molecular complexity index is 342. The lowest BCUT2D eigenvalue weighted by atomic mass is 10.2. The smallest absolute Gasteiger partial charge is 0.370 e. The largest absolute Gasteiger partial charge is 0.411 e. The Morgan fingerprint density at radius 2 is 2.18 bits per heavy atom. The maximum atomic E-state index is 11.9. The average molecular weight is 248 g/mol. The summed E-state index contributed by atoms with van der Waals surface area (Å²) in [5.41, 5.74) is 0.630. The number of nitrogens with one attached hydrogen (secondary N) is 1. The molecule has 0 aromatic carbocycles. The maximum Gasteiger partial charge on any atom is 0.411 e. The van der Waals surface area contributed by atoms with Crippen molar-refractivity contribution in [3.05, 3.63) is 23.9 Å². The molecule has 1 heterocycles. The lowest BCUT2D eigenvalue weighted by Crippen LogP contribution is -2.17.